The number of benzene rings is 2. The summed E-state index contributed by atoms with van der Waals surface area (Å²) in [6, 6.07) is 22.0. The lowest BCUT2D eigenvalue weighted by Crippen LogP contribution is -2.41. The Bertz CT molecular complexity index is 2070. The topological polar surface area (TPSA) is 149 Å². The van der Waals surface area contributed by atoms with Crippen LogP contribution in [0.1, 0.15) is 118 Å². The van der Waals surface area contributed by atoms with Gasteiger partial charge in [-0.1, -0.05) is 12.1 Å². The zero-order valence-corrected chi connectivity index (χ0v) is 40.2. The molecule has 3 heterocycles. The Morgan fingerprint density at radius 3 is 1.37 bits per heavy atom. The number of hydrogen-bond acceptors (Lipinski definition) is 12. The lowest BCUT2D eigenvalue weighted by Gasteiger charge is -2.32. The molecule has 0 aliphatic carbocycles. The molecule has 14 heteroatoms. The first-order valence-corrected chi connectivity index (χ1v) is 21.1. The van der Waals surface area contributed by atoms with Gasteiger partial charge in [-0.3, -0.25) is 24.2 Å². The molecule has 0 spiro atoms. The molecule has 1 aliphatic heterocycles. The van der Waals surface area contributed by atoms with Crippen molar-refractivity contribution in [1.29, 1.82) is 0 Å². The second kappa shape index (κ2) is 21.0. The summed E-state index contributed by atoms with van der Waals surface area (Å²) in [5, 5.41) is 0. The van der Waals surface area contributed by atoms with Crippen LogP contribution >= 0.6 is 15.9 Å². The van der Waals surface area contributed by atoms with Crippen molar-refractivity contribution in [2.75, 3.05) is 13.2 Å². The van der Waals surface area contributed by atoms with Crippen LogP contribution in [0.15, 0.2) is 89.8 Å². The van der Waals surface area contributed by atoms with Gasteiger partial charge in [-0.05, 0) is 179 Å². The van der Waals surface area contributed by atoms with Crippen LogP contribution in [0.25, 0.3) is 11.3 Å². The summed E-state index contributed by atoms with van der Waals surface area (Å²) in [6.07, 6.45) is 4.58. The normalized spacial score (nSPS) is 14.5. The number of halogens is 1. The van der Waals surface area contributed by atoms with Crippen LogP contribution in [0.3, 0.4) is 0 Å². The van der Waals surface area contributed by atoms with Crippen molar-refractivity contribution in [3.8, 4) is 22.8 Å². The summed E-state index contributed by atoms with van der Waals surface area (Å²) in [4.78, 5) is 53.4. The highest BCUT2D eigenvalue weighted by Gasteiger charge is 2.51. The minimum Gasteiger partial charge on any atom is -0.492 e. The highest BCUT2D eigenvalue weighted by molar-refractivity contribution is 9.10. The maximum Gasteiger partial charge on any atom is 0.494 e. The van der Waals surface area contributed by atoms with E-state index in [0.29, 0.717) is 22.6 Å². The number of carbonyl (C=O) groups excluding carboxylic acids is 4. The summed E-state index contributed by atoms with van der Waals surface area (Å²) in [7, 11) is -0.401. The Hall–Kier alpha value is -4.92. The van der Waals surface area contributed by atoms with Crippen LogP contribution in [0, 0.1) is 10.8 Å². The number of carbonyl (C=O) groups is 4. The molecule has 62 heavy (non-hydrogen) atoms. The fraction of sp³-hybridized carbons (Fsp3) is 0.458. The van der Waals surface area contributed by atoms with Crippen LogP contribution in [0.2, 0.25) is 0 Å². The van der Waals surface area contributed by atoms with Crippen LogP contribution < -0.4 is 14.9 Å². The summed E-state index contributed by atoms with van der Waals surface area (Å²) in [6.45, 7) is 26.9. The van der Waals surface area contributed by atoms with Crippen molar-refractivity contribution >= 4 is 53.0 Å². The van der Waals surface area contributed by atoms with E-state index in [9.17, 15) is 19.2 Å². The van der Waals surface area contributed by atoms with Gasteiger partial charge in [-0.25, -0.2) is 4.98 Å². The monoisotopic (exact) mass is 916 g/mol. The van der Waals surface area contributed by atoms with Crippen molar-refractivity contribution in [3.63, 3.8) is 0 Å². The van der Waals surface area contributed by atoms with Crippen molar-refractivity contribution < 1.29 is 47.4 Å². The molecule has 5 rings (SSSR count). The van der Waals surface area contributed by atoms with E-state index < -0.39 is 29.2 Å². The fourth-order valence-corrected chi connectivity index (χ4v) is 5.24. The molecule has 1 saturated heterocycles. The van der Waals surface area contributed by atoms with E-state index in [4.69, 9.17) is 28.3 Å². The Morgan fingerprint density at radius 2 is 1.02 bits per heavy atom. The molecule has 4 aromatic rings. The fourth-order valence-electron chi connectivity index (χ4n) is 5.00. The van der Waals surface area contributed by atoms with Crippen LogP contribution in [0.5, 0.6) is 11.5 Å². The Labute approximate surface area is 376 Å². The Kier molecular flexibility index (Phi) is 17.4. The lowest BCUT2D eigenvalue weighted by molar-refractivity contribution is -0.168. The highest BCUT2D eigenvalue weighted by atomic mass is 79.9. The van der Waals surface area contributed by atoms with Gasteiger partial charge in [0.25, 0.3) is 0 Å². The molecule has 0 amide bonds. The summed E-state index contributed by atoms with van der Waals surface area (Å²) >= 11 is 3.15. The first-order valence-electron chi connectivity index (χ1n) is 20.3. The quantitative estimate of drug-likeness (QED) is 0.0576. The summed E-state index contributed by atoms with van der Waals surface area (Å²) < 4.78 is 35.3. The molecule has 0 radical (unpaired) electrons. The maximum absolute atomic E-state index is 12.3. The number of ether oxygens (including phenoxy) is 4. The zero-order chi connectivity index (χ0) is 46.7. The predicted molar refractivity (Wildman–Crippen MR) is 245 cm³/mol. The molecule has 0 atom stereocenters. The van der Waals surface area contributed by atoms with Crippen molar-refractivity contribution in [1.82, 2.24) is 9.97 Å². The van der Waals surface area contributed by atoms with Crippen molar-refractivity contribution in [2.45, 2.75) is 119 Å². The van der Waals surface area contributed by atoms with Gasteiger partial charge in [-0.15, -0.1) is 0 Å². The van der Waals surface area contributed by atoms with Gasteiger partial charge in [0.15, 0.2) is 12.6 Å². The van der Waals surface area contributed by atoms with E-state index >= 15 is 0 Å². The highest BCUT2D eigenvalue weighted by Crippen LogP contribution is 2.36. The number of esters is 2. The number of aromatic nitrogens is 2. The third-order valence-electron chi connectivity index (χ3n) is 9.47. The lowest BCUT2D eigenvalue weighted by atomic mass is 9.79. The molecule has 0 N–H and O–H groups in total. The standard InChI is InChI=1S/C21H33BO5.C21H25NO4.C6H4BrNO/c1-18(2,3)25-17(23)19(4,5)14-24-16-12-10-15(11-13-16)22-26-20(6,7)21(8,9)27-22;1-20(2,3)26-19(24)21(4,5)14-25-17-9-7-16(8-10-17)18-11-6-15(13-23)12-22-18;7-6-2-1-5(4-9)3-8-6/h10-13H,14H2,1-9H3;6-13H,14H2,1-5H3;1-4H. The average molecular weight is 918 g/mol. The van der Waals surface area contributed by atoms with Crippen molar-refractivity contribution in [3.05, 3.63) is 101 Å². The molecule has 2 aromatic heterocycles. The Balaban J connectivity index is 0.000000275. The van der Waals surface area contributed by atoms with E-state index in [-0.39, 0.29) is 36.4 Å². The summed E-state index contributed by atoms with van der Waals surface area (Å²) in [5.41, 5.74) is 0.493. The van der Waals surface area contributed by atoms with Crippen LogP contribution in [0.4, 0.5) is 0 Å². The second-order valence-electron chi connectivity index (χ2n) is 19.2. The number of hydrogen-bond donors (Lipinski definition) is 0. The van der Waals surface area contributed by atoms with Gasteiger partial charge in [0.1, 0.15) is 40.5 Å². The van der Waals surface area contributed by atoms with Gasteiger partial charge < -0.3 is 28.3 Å². The molecule has 0 unspecified atom stereocenters. The van der Waals surface area contributed by atoms with E-state index in [0.717, 1.165) is 33.9 Å². The molecular weight excluding hydrogens is 855 g/mol. The predicted octanol–water partition coefficient (Wildman–Crippen LogP) is 9.70. The minimum atomic E-state index is -0.752. The Morgan fingerprint density at radius 1 is 0.613 bits per heavy atom. The average Bonchev–Trinajstić information content (AvgIpc) is 3.42. The largest absolute Gasteiger partial charge is 0.494 e. The number of rotatable bonds is 12. The van der Waals surface area contributed by atoms with Gasteiger partial charge in [-0.2, -0.15) is 0 Å². The molecule has 1 aliphatic rings. The number of pyridine rings is 2. The van der Waals surface area contributed by atoms with E-state index in [2.05, 4.69) is 25.9 Å². The van der Waals surface area contributed by atoms with E-state index in [1.807, 2.05) is 132 Å². The maximum atomic E-state index is 12.3. The smallest absolute Gasteiger partial charge is 0.492 e. The third kappa shape index (κ3) is 16.1. The molecule has 0 bridgehead atoms. The SMILES string of the molecule is CC(C)(C)OC(=O)C(C)(C)COc1ccc(-c2ccc(C=O)cn2)cc1.CC(C)(C)OC(=O)C(C)(C)COc1ccc(B2OC(C)(C)C(C)(C)O2)cc1.O=Cc1ccc(Br)nc1. The van der Waals surface area contributed by atoms with Gasteiger partial charge in [0.05, 0.1) is 27.7 Å². The molecule has 0 saturated carbocycles. The molecule has 334 valence electrons. The first kappa shape index (κ1) is 51.4. The number of aldehydes is 2. The first-order chi connectivity index (χ1) is 28.6. The van der Waals surface area contributed by atoms with Crippen molar-refractivity contribution in [2.24, 2.45) is 10.8 Å². The van der Waals surface area contributed by atoms with Crippen LogP contribution in [-0.4, -0.2) is 77.2 Å². The van der Waals surface area contributed by atoms with Gasteiger partial charge in [0.2, 0.25) is 0 Å². The van der Waals surface area contributed by atoms with Gasteiger partial charge >= 0.3 is 19.1 Å². The molecule has 2 aromatic carbocycles. The van der Waals surface area contributed by atoms with Crippen LogP contribution in [-0.2, 0) is 28.4 Å². The molecular formula is C48H62BBrN2O10. The van der Waals surface area contributed by atoms with E-state index in [1.54, 1.807) is 38.1 Å². The summed E-state index contributed by atoms with van der Waals surface area (Å²) in [5.74, 6) is 0.784. The molecule has 12 nitrogen and oxygen atoms in total. The molecule has 1 fully saturated rings. The minimum absolute atomic E-state index is 0.216. The third-order valence-corrected chi connectivity index (χ3v) is 9.94. The van der Waals surface area contributed by atoms with E-state index in [1.165, 1.54) is 12.4 Å². The second-order valence-corrected chi connectivity index (χ2v) is 20.0. The van der Waals surface area contributed by atoms with Gasteiger partial charge in [0, 0.05) is 29.1 Å². The number of nitrogens with zero attached hydrogens (tertiary/aromatic N) is 2. The zero-order valence-electron chi connectivity index (χ0n) is 38.6.